The number of hydrogen-bond donors (Lipinski definition) is 0. The van der Waals surface area contributed by atoms with E-state index >= 15 is 0 Å². The molecule has 1 aliphatic carbocycles. The van der Waals surface area contributed by atoms with Crippen LogP contribution in [0.15, 0.2) is 61.3 Å². The Bertz CT molecular complexity index is 803. The number of halogens is 1. The summed E-state index contributed by atoms with van der Waals surface area (Å²) in [6, 6.07) is 8.03. The minimum atomic E-state index is -3.83. The predicted octanol–water partition coefficient (Wildman–Crippen LogP) is 3.65. The molecule has 2 rings (SSSR count). The summed E-state index contributed by atoms with van der Waals surface area (Å²) < 4.78 is 29.3. The normalized spacial score (nSPS) is 18.1. The van der Waals surface area contributed by atoms with Crippen molar-refractivity contribution < 1.29 is 13.2 Å². The first kappa shape index (κ1) is 16.8. The number of hydrogen-bond acceptors (Lipinski definition) is 3. The lowest BCUT2D eigenvalue weighted by Crippen LogP contribution is -2.20. The Morgan fingerprint density at radius 3 is 2.27 bits per heavy atom. The van der Waals surface area contributed by atoms with E-state index in [1.807, 2.05) is 13.8 Å². The molecule has 0 bridgehead atoms. The molecule has 0 spiro atoms. The summed E-state index contributed by atoms with van der Waals surface area (Å²) in [5.74, 6) is -0.152. The lowest BCUT2D eigenvalue weighted by atomic mass is 9.90. The number of allylic oxidation sites excluding steroid dienone is 4. The molecule has 0 amide bonds. The lowest BCUT2D eigenvalue weighted by molar-refractivity contribution is -0.111. The molecule has 0 heterocycles. The van der Waals surface area contributed by atoms with Gasteiger partial charge >= 0.3 is 0 Å². The predicted molar refractivity (Wildman–Crippen MR) is 90.6 cm³/mol. The van der Waals surface area contributed by atoms with Gasteiger partial charge < -0.3 is 0 Å². The Labute approximate surface area is 138 Å². The van der Waals surface area contributed by atoms with E-state index in [0.29, 0.717) is 21.3 Å². The summed E-state index contributed by atoms with van der Waals surface area (Å²) in [5, 5.41) is 0. The number of nitrogens with zero attached hydrogens (tertiary/aromatic N) is 1. The van der Waals surface area contributed by atoms with Crippen molar-refractivity contribution in [1.29, 1.82) is 0 Å². The van der Waals surface area contributed by atoms with Crippen LogP contribution in [0.4, 0.5) is 0 Å². The Hall–Kier alpha value is -1.53. The molecule has 0 radical (unpaired) electrons. The van der Waals surface area contributed by atoms with Gasteiger partial charge in [0.1, 0.15) is 0 Å². The molecule has 0 saturated heterocycles. The minimum Gasteiger partial charge on any atom is -0.290 e. The van der Waals surface area contributed by atoms with Gasteiger partial charge in [-0.1, -0.05) is 32.0 Å². The molecule has 6 heteroatoms. The van der Waals surface area contributed by atoms with E-state index in [-0.39, 0.29) is 16.6 Å². The Morgan fingerprint density at radius 2 is 1.73 bits per heavy atom. The van der Waals surface area contributed by atoms with Crippen LogP contribution in [0.25, 0.3) is 0 Å². The van der Waals surface area contributed by atoms with Gasteiger partial charge in [-0.2, -0.15) is 12.8 Å². The highest BCUT2D eigenvalue weighted by atomic mass is 79.9. The van der Waals surface area contributed by atoms with Gasteiger partial charge in [-0.3, -0.25) is 4.79 Å². The second-order valence-corrected chi connectivity index (χ2v) is 7.68. The fourth-order valence-corrected chi connectivity index (χ4v) is 3.70. The SMILES string of the molecule is CC1=C(Br)C(=NS(=O)(=O)c2ccccc2)C(C(C)C)=CC1=O. The van der Waals surface area contributed by atoms with Gasteiger partial charge in [0.05, 0.1) is 15.1 Å². The molecule has 1 aromatic rings. The number of ketones is 1. The summed E-state index contributed by atoms with van der Waals surface area (Å²) in [7, 11) is -3.83. The topological polar surface area (TPSA) is 63.6 Å². The van der Waals surface area contributed by atoms with Gasteiger partial charge in [-0.25, -0.2) is 0 Å². The van der Waals surface area contributed by atoms with Crippen molar-refractivity contribution >= 4 is 37.4 Å². The van der Waals surface area contributed by atoms with Crippen molar-refractivity contribution in [2.75, 3.05) is 0 Å². The molecule has 1 aliphatic rings. The maximum absolute atomic E-state index is 12.5. The van der Waals surface area contributed by atoms with Crippen molar-refractivity contribution in [2.45, 2.75) is 25.7 Å². The van der Waals surface area contributed by atoms with Crippen molar-refractivity contribution in [3.63, 3.8) is 0 Å². The first-order valence-corrected chi connectivity index (χ1v) is 9.00. The van der Waals surface area contributed by atoms with Crippen LogP contribution < -0.4 is 0 Å². The zero-order valence-electron chi connectivity index (χ0n) is 12.5. The van der Waals surface area contributed by atoms with E-state index in [4.69, 9.17) is 0 Å². The fourth-order valence-electron chi connectivity index (χ4n) is 2.03. The molecule has 0 N–H and O–H groups in total. The van der Waals surface area contributed by atoms with E-state index in [1.165, 1.54) is 18.2 Å². The van der Waals surface area contributed by atoms with Crippen molar-refractivity contribution in [3.8, 4) is 0 Å². The zero-order chi connectivity index (χ0) is 16.5. The van der Waals surface area contributed by atoms with Gasteiger partial charge in [0.15, 0.2) is 5.78 Å². The summed E-state index contributed by atoms with van der Waals surface area (Å²) in [4.78, 5) is 12.1. The molecule has 0 atom stereocenters. The van der Waals surface area contributed by atoms with Crippen molar-refractivity contribution in [1.82, 2.24) is 0 Å². The highest BCUT2D eigenvalue weighted by Gasteiger charge is 2.27. The molecular formula is C16H16BrNO3S. The third-order valence-corrected chi connectivity index (χ3v) is 5.60. The molecule has 1 aromatic carbocycles. The molecule has 0 aliphatic heterocycles. The number of rotatable bonds is 3. The van der Waals surface area contributed by atoms with E-state index in [1.54, 1.807) is 25.1 Å². The summed E-state index contributed by atoms with van der Waals surface area (Å²) >= 11 is 3.32. The van der Waals surface area contributed by atoms with Crippen molar-refractivity contribution in [3.05, 3.63) is 52.0 Å². The highest BCUT2D eigenvalue weighted by molar-refractivity contribution is 9.12. The van der Waals surface area contributed by atoms with Gasteiger partial charge in [0.25, 0.3) is 10.0 Å². The standard InChI is InChI=1S/C16H16BrNO3S/c1-10(2)13-9-14(19)11(3)15(17)16(13)18-22(20,21)12-7-5-4-6-8-12/h4-10H,1-3H3. The Balaban J connectivity index is 2.62. The van der Waals surface area contributed by atoms with Crippen molar-refractivity contribution in [2.24, 2.45) is 10.3 Å². The molecule has 0 saturated carbocycles. The lowest BCUT2D eigenvalue weighted by Gasteiger charge is -2.19. The third-order valence-electron chi connectivity index (χ3n) is 3.34. The van der Waals surface area contributed by atoms with E-state index < -0.39 is 10.0 Å². The highest BCUT2D eigenvalue weighted by Crippen LogP contribution is 2.30. The van der Waals surface area contributed by atoms with Crippen LogP contribution in [0.3, 0.4) is 0 Å². The quantitative estimate of drug-likeness (QED) is 0.750. The zero-order valence-corrected chi connectivity index (χ0v) is 14.9. The van der Waals surface area contributed by atoms with Crippen LogP contribution in [0.5, 0.6) is 0 Å². The first-order chi connectivity index (χ1) is 10.2. The van der Waals surface area contributed by atoms with Crippen LogP contribution in [-0.4, -0.2) is 19.9 Å². The Kier molecular flexibility index (Phi) is 4.82. The van der Waals surface area contributed by atoms with Gasteiger partial charge in [-0.15, -0.1) is 0 Å². The van der Waals surface area contributed by atoms with Crippen LogP contribution in [-0.2, 0) is 14.8 Å². The molecular weight excluding hydrogens is 366 g/mol. The summed E-state index contributed by atoms with van der Waals surface area (Å²) in [5.41, 5.74) is 1.37. The molecule has 0 fully saturated rings. The van der Waals surface area contributed by atoms with E-state index in [2.05, 4.69) is 20.3 Å². The number of carbonyl (C=O) groups excluding carboxylic acids is 1. The average molecular weight is 382 g/mol. The number of benzene rings is 1. The molecule has 22 heavy (non-hydrogen) atoms. The molecule has 4 nitrogen and oxygen atoms in total. The average Bonchev–Trinajstić information content (AvgIpc) is 2.48. The number of sulfonamides is 1. The second-order valence-electron chi connectivity index (χ2n) is 5.29. The fraction of sp³-hybridized carbons (Fsp3) is 0.250. The van der Waals surface area contributed by atoms with Gasteiger partial charge in [0, 0.05) is 5.57 Å². The first-order valence-electron chi connectivity index (χ1n) is 6.77. The van der Waals surface area contributed by atoms with Gasteiger partial charge in [-0.05, 0) is 52.6 Å². The molecule has 0 unspecified atom stereocenters. The minimum absolute atomic E-state index is 0.0191. The monoisotopic (exact) mass is 381 g/mol. The summed E-state index contributed by atoms with van der Waals surface area (Å²) in [6.45, 7) is 5.43. The smallest absolute Gasteiger partial charge is 0.282 e. The van der Waals surface area contributed by atoms with E-state index in [9.17, 15) is 13.2 Å². The maximum Gasteiger partial charge on any atom is 0.282 e. The summed E-state index contributed by atoms with van der Waals surface area (Å²) in [6.07, 6.45) is 1.46. The van der Waals surface area contributed by atoms with E-state index in [0.717, 1.165) is 0 Å². The Morgan fingerprint density at radius 1 is 1.14 bits per heavy atom. The van der Waals surface area contributed by atoms with Crippen LogP contribution in [0.2, 0.25) is 0 Å². The second kappa shape index (κ2) is 6.30. The third kappa shape index (κ3) is 3.28. The van der Waals surface area contributed by atoms with Crippen LogP contribution in [0, 0.1) is 5.92 Å². The van der Waals surface area contributed by atoms with Gasteiger partial charge in [0.2, 0.25) is 0 Å². The largest absolute Gasteiger partial charge is 0.290 e. The van der Waals surface area contributed by atoms with Crippen LogP contribution in [0.1, 0.15) is 20.8 Å². The number of carbonyl (C=O) groups is 1. The molecule has 0 aromatic heterocycles. The molecule has 116 valence electrons. The maximum atomic E-state index is 12.5. The van der Waals surface area contributed by atoms with Crippen LogP contribution >= 0.6 is 15.9 Å².